The van der Waals surface area contributed by atoms with Gasteiger partial charge in [0.2, 0.25) is 12.2 Å². The maximum absolute atomic E-state index is 13.1. The number of nitrogens with one attached hydrogen (secondary N) is 1. The quantitative estimate of drug-likeness (QED) is 0.377. The summed E-state index contributed by atoms with van der Waals surface area (Å²) in [6, 6.07) is 17.5. The zero-order valence-electron chi connectivity index (χ0n) is 19.7. The molecule has 11 heteroatoms. The van der Waals surface area contributed by atoms with Crippen LogP contribution in [0.25, 0.3) is 0 Å². The van der Waals surface area contributed by atoms with Crippen LogP contribution in [0.4, 0.5) is 5.69 Å². The van der Waals surface area contributed by atoms with Crippen LogP contribution in [-0.2, 0) is 19.1 Å². The molecule has 0 aliphatic carbocycles. The molecular weight excluding hydrogens is 506 g/mol. The Morgan fingerprint density at radius 2 is 1.24 bits per heavy atom. The molecule has 0 aromatic heterocycles. The van der Waals surface area contributed by atoms with Crippen molar-refractivity contribution in [3.05, 3.63) is 88.9 Å². The number of anilines is 1. The van der Waals surface area contributed by atoms with Crippen LogP contribution in [0.5, 0.6) is 11.5 Å². The molecule has 0 heterocycles. The second kappa shape index (κ2) is 12.4. The van der Waals surface area contributed by atoms with Gasteiger partial charge in [-0.3, -0.25) is 4.79 Å². The molecule has 2 atom stereocenters. The van der Waals surface area contributed by atoms with E-state index in [0.29, 0.717) is 16.5 Å². The van der Waals surface area contributed by atoms with Crippen LogP contribution in [0.3, 0.4) is 0 Å². The van der Waals surface area contributed by atoms with Gasteiger partial charge in [0.25, 0.3) is 5.91 Å². The summed E-state index contributed by atoms with van der Waals surface area (Å²) in [5.41, 5.74) is 0.175. The lowest BCUT2D eigenvalue weighted by molar-refractivity contribution is -0.157. The van der Waals surface area contributed by atoms with Crippen LogP contribution in [-0.4, -0.2) is 55.3 Å². The van der Waals surface area contributed by atoms with Crippen molar-refractivity contribution in [3.63, 3.8) is 0 Å². The second-order valence-electron chi connectivity index (χ2n) is 7.45. The van der Waals surface area contributed by atoms with Gasteiger partial charge in [0.1, 0.15) is 11.5 Å². The molecule has 0 unspecified atom stereocenters. The lowest BCUT2D eigenvalue weighted by Crippen LogP contribution is -2.48. The van der Waals surface area contributed by atoms with Gasteiger partial charge in [-0.05, 0) is 60.7 Å². The van der Waals surface area contributed by atoms with Gasteiger partial charge < -0.3 is 29.4 Å². The molecule has 0 aliphatic rings. The molecule has 0 saturated carbocycles. The lowest BCUT2D eigenvalue weighted by Gasteiger charge is -2.23. The molecule has 1 amide bonds. The minimum atomic E-state index is -2.19. The lowest BCUT2D eigenvalue weighted by atomic mass is 10.1. The smallest absolute Gasteiger partial charge is 0.349 e. The molecule has 0 aliphatic heterocycles. The number of esters is 2. The molecule has 0 bridgehead atoms. The fourth-order valence-electron chi connectivity index (χ4n) is 3.11. The first kappa shape index (κ1) is 27.0. The Morgan fingerprint density at radius 3 is 1.70 bits per heavy atom. The predicted molar refractivity (Wildman–Crippen MR) is 132 cm³/mol. The largest absolute Gasteiger partial charge is 0.497 e. The summed E-state index contributed by atoms with van der Waals surface area (Å²) in [5, 5.41) is 12.7. The summed E-state index contributed by atoms with van der Waals surface area (Å²) in [5.74, 6) is -4.24. The maximum Gasteiger partial charge on any atom is 0.349 e. The molecular formula is C26H22ClNO9. The Bertz CT molecular complexity index is 1290. The van der Waals surface area contributed by atoms with E-state index < -0.39 is 36.0 Å². The van der Waals surface area contributed by atoms with Crippen LogP contribution in [0.1, 0.15) is 20.7 Å². The van der Waals surface area contributed by atoms with Gasteiger partial charge >= 0.3 is 17.9 Å². The number of carbonyl (C=O) groups is 4. The van der Waals surface area contributed by atoms with Crippen LogP contribution in [0.2, 0.25) is 5.02 Å². The van der Waals surface area contributed by atoms with Gasteiger partial charge in [0.15, 0.2) is 0 Å². The zero-order valence-corrected chi connectivity index (χ0v) is 20.4. The van der Waals surface area contributed by atoms with E-state index in [1.165, 1.54) is 74.9 Å². The van der Waals surface area contributed by atoms with E-state index in [-0.39, 0.29) is 16.8 Å². The molecule has 2 N–H and O–H groups in total. The number of amides is 1. The molecule has 37 heavy (non-hydrogen) atoms. The number of carboxylic acid groups (broad SMARTS) is 1. The van der Waals surface area contributed by atoms with E-state index in [0.717, 1.165) is 0 Å². The minimum absolute atomic E-state index is 0.0214. The Morgan fingerprint density at radius 1 is 0.757 bits per heavy atom. The van der Waals surface area contributed by atoms with Crippen molar-refractivity contribution < 1.29 is 43.2 Å². The van der Waals surface area contributed by atoms with Crippen LogP contribution < -0.4 is 14.8 Å². The normalized spacial score (nSPS) is 12.0. The second-order valence-corrected chi connectivity index (χ2v) is 7.89. The maximum atomic E-state index is 13.1. The standard InChI is InChI=1S/C26H22ClNO9/c1-34-19-7-3-5-15(13-19)25(32)36-21(23(29)28-18-11-9-17(27)10-12-18)22(24(30)31)37-26(33)16-6-4-8-20(14-16)35-2/h3-14,21-22H,1-2H3,(H,28,29)(H,30,31)/t21-,22+/m1/s1. The molecule has 3 rings (SSSR count). The fraction of sp³-hybridized carbons (Fsp3) is 0.154. The Labute approximate surface area is 216 Å². The Kier molecular flexibility index (Phi) is 9.06. The first-order valence-electron chi connectivity index (χ1n) is 10.7. The number of benzene rings is 3. The highest BCUT2D eigenvalue weighted by molar-refractivity contribution is 6.30. The van der Waals surface area contributed by atoms with Crippen LogP contribution in [0.15, 0.2) is 72.8 Å². The summed E-state index contributed by atoms with van der Waals surface area (Å²) in [4.78, 5) is 50.9. The monoisotopic (exact) mass is 527 g/mol. The number of halogens is 1. The molecule has 192 valence electrons. The number of carboxylic acids is 1. The summed E-state index contributed by atoms with van der Waals surface area (Å²) < 4.78 is 20.6. The van der Waals surface area contributed by atoms with Crippen LogP contribution >= 0.6 is 11.6 Å². The number of hydrogen-bond acceptors (Lipinski definition) is 8. The van der Waals surface area contributed by atoms with Gasteiger partial charge in [-0.15, -0.1) is 0 Å². The minimum Gasteiger partial charge on any atom is -0.497 e. The highest BCUT2D eigenvalue weighted by Gasteiger charge is 2.41. The highest BCUT2D eigenvalue weighted by atomic mass is 35.5. The fourth-order valence-corrected chi connectivity index (χ4v) is 3.23. The van der Waals surface area contributed by atoms with E-state index in [4.69, 9.17) is 30.5 Å². The summed E-state index contributed by atoms with van der Waals surface area (Å²) in [6.07, 6.45) is -4.26. The third-order valence-corrected chi connectivity index (χ3v) is 5.22. The van der Waals surface area contributed by atoms with Crippen molar-refractivity contribution in [1.29, 1.82) is 0 Å². The summed E-state index contributed by atoms with van der Waals surface area (Å²) >= 11 is 5.86. The SMILES string of the molecule is COc1cccc(C(=O)O[C@H](C(=O)O)[C@@H](OC(=O)c2cccc(OC)c2)C(=O)Nc2ccc(Cl)cc2)c1. The summed E-state index contributed by atoms with van der Waals surface area (Å²) in [7, 11) is 2.78. The van der Waals surface area contributed by atoms with Crippen molar-refractivity contribution in [1.82, 2.24) is 0 Å². The molecule has 3 aromatic carbocycles. The topological polar surface area (TPSA) is 137 Å². The van der Waals surface area contributed by atoms with E-state index in [9.17, 15) is 24.3 Å². The average Bonchev–Trinajstić information content (AvgIpc) is 2.91. The molecule has 10 nitrogen and oxygen atoms in total. The third-order valence-electron chi connectivity index (χ3n) is 4.97. The number of methoxy groups -OCH3 is 2. The van der Waals surface area contributed by atoms with Crippen LogP contribution in [0, 0.1) is 0 Å². The van der Waals surface area contributed by atoms with E-state index in [2.05, 4.69) is 5.32 Å². The van der Waals surface area contributed by atoms with Crippen molar-refractivity contribution >= 4 is 41.1 Å². The van der Waals surface area contributed by atoms with Crippen molar-refractivity contribution in [2.45, 2.75) is 12.2 Å². The first-order valence-corrected chi connectivity index (χ1v) is 11.1. The predicted octanol–water partition coefficient (Wildman–Crippen LogP) is 3.83. The Hall–Kier alpha value is -4.57. The van der Waals surface area contributed by atoms with Crippen molar-refractivity contribution in [2.24, 2.45) is 0 Å². The van der Waals surface area contributed by atoms with Gasteiger partial charge in [0, 0.05) is 10.7 Å². The van der Waals surface area contributed by atoms with Gasteiger partial charge in [-0.1, -0.05) is 23.7 Å². The van der Waals surface area contributed by atoms with E-state index >= 15 is 0 Å². The van der Waals surface area contributed by atoms with Crippen molar-refractivity contribution in [3.8, 4) is 11.5 Å². The number of hydrogen-bond donors (Lipinski definition) is 2. The van der Waals surface area contributed by atoms with Crippen molar-refractivity contribution in [2.75, 3.05) is 19.5 Å². The molecule has 0 fully saturated rings. The molecule has 3 aromatic rings. The Balaban J connectivity index is 1.92. The molecule has 0 saturated heterocycles. The number of carbonyl (C=O) groups excluding carboxylic acids is 3. The number of aliphatic carboxylic acids is 1. The van der Waals surface area contributed by atoms with Gasteiger partial charge in [-0.2, -0.15) is 0 Å². The number of ether oxygens (including phenoxy) is 4. The van der Waals surface area contributed by atoms with E-state index in [1.54, 1.807) is 12.1 Å². The third kappa shape index (κ3) is 7.21. The molecule has 0 spiro atoms. The first-order chi connectivity index (χ1) is 17.7. The number of rotatable bonds is 10. The highest BCUT2D eigenvalue weighted by Crippen LogP contribution is 2.20. The van der Waals surface area contributed by atoms with E-state index in [1.807, 2.05) is 0 Å². The van der Waals surface area contributed by atoms with Gasteiger partial charge in [-0.25, -0.2) is 14.4 Å². The zero-order chi connectivity index (χ0) is 26.9. The average molecular weight is 528 g/mol. The van der Waals surface area contributed by atoms with Gasteiger partial charge in [0.05, 0.1) is 25.3 Å². The molecule has 0 radical (unpaired) electrons. The summed E-state index contributed by atoms with van der Waals surface area (Å²) in [6.45, 7) is 0.